The van der Waals surface area contributed by atoms with Crippen molar-refractivity contribution >= 4 is 27.6 Å². The first kappa shape index (κ1) is 19.1. The van der Waals surface area contributed by atoms with Crippen LogP contribution in [0.25, 0.3) is 50.1 Å². The Morgan fingerprint density at radius 2 is 1.32 bits per heavy atom. The van der Waals surface area contributed by atoms with Crippen molar-refractivity contribution in [3.05, 3.63) is 138 Å². The molecule has 0 radical (unpaired) electrons. The third-order valence-electron chi connectivity index (χ3n) is 7.00. The first-order valence-electron chi connectivity index (χ1n) is 11.7. The predicted molar refractivity (Wildman–Crippen MR) is 142 cm³/mol. The Bertz CT molecular complexity index is 1700. The first-order chi connectivity index (χ1) is 16.8. The summed E-state index contributed by atoms with van der Waals surface area (Å²) in [6.07, 6.45) is 6.38. The van der Waals surface area contributed by atoms with Crippen molar-refractivity contribution in [1.29, 1.82) is 0 Å². The Balaban J connectivity index is 1.51. The lowest BCUT2D eigenvalue weighted by Gasteiger charge is -2.17. The number of hydrogen-bond acceptors (Lipinski definition) is 1. The van der Waals surface area contributed by atoms with Crippen LogP contribution in [0, 0.1) is 0 Å². The summed E-state index contributed by atoms with van der Waals surface area (Å²) in [5.41, 5.74) is 7.37. The Morgan fingerprint density at radius 1 is 0.559 bits per heavy atom. The van der Waals surface area contributed by atoms with Crippen molar-refractivity contribution in [3.63, 3.8) is 0 Å². The molecule has 1 aliphatic rings. The van der Waals surface area contributed by atoms with E-state index in [2.05, 4.69) is 115 Å². The average molecular weight is 435 g/mol. The summed E-state index contributed by atoms with van der Waals surface area (Å²) < 4.78 is 6.11. The van der Waals surface area contributed by atoms with Crippen molar-refractivity contribution in [3.8, 4) is 22.5 Å². The lowest BCUT2D eigenvalue weighted by Crippen LogP contribution is -1.98. The minimum Gasteiger partial charge on any atom is -0.464 e. The van der Waals surface area contributed by atoms with Gasteiger partial charge in [0.2, 0.25) is 0 Å². The van der Waals surface area contributed by atoms with Crippen LogP contribution in [-0.4, -0.2) is 0 Å². The van der Waals surface area contributed by atoms with Crippen molar-refractivity contribution in [1.82, 2.24) is 0 Å². The van der Waals surface area contributed by atoms with Crippen LogP contribution in [0.5, 0.6) is 0 Å². The van der Waals surface area contributed by atoms with E-state index in [1.54, 1.807) is 6.26 Å². The van der Waals surface area contributed by atoms with Gasteiger partial charge in [0.05, 0.1) is 6.26 Å². The number of hydrogen-bond donors (Lipinski definition) is 0. The van der Waals surface area contributed by atoms with Crippen molar-refractivity contribution in [2.24, 2.45) is 0 Å². The molecule has 5 aromatic carbocycles. The highest BCUT2D eigenvalue weighted by molar-refractivity contribution is 6.02. The standard InChI is InChI=1S/C33H22O/c1-2-8-22(9-3-1)29-16-17-34-33(29)27-19-26-18-24-11-4-5-12-25(24)20-31(26)32(21-27)30-15-14-23-10-6-7-13-28(23)30/h1-21,30H. The maximum absolute atomic E-state index is 6.11. The smallest absolute Gasteiger partial charge is 0.141 e. The van der Waals surface area contributed by atoms with Gasteiger partial charge >= 0.3 is 0 Å². The van der Waals surface area contributed by atoms with Gasteiger partial charge < -0.3 is 4.42 Å². The summed E-state index contributed by atoms with van der Waals surface area (Å²) >= 11 is 0. The van der Waals surface area contributed by atoms with Gasteiger partial charge in [-0.15, -0.1) is 0 Å². The molecule has 0 amide bonds. The predicted octanol–water partition coefficient (Wildman–Crippen LogP) is 9.08. The van der Waals surface area contributed by atoms with E-state index in [4.69, 9.17) is 4.42 Å². The van der Waals surface area contributed by atoms with Gasteiger partial charge in [-0.25, -0.2) is 0 Å². The van der Waals surface area contributed by atoms with Gasteiger partial charge in [-0.3, -0.25) is 0 Å². The van der Waals surface area contributed by atoms with Crippen LogP contribution in [-0.2, 0) is 0 Å². The topological polar surface area (TPSA) is 13.1 Å². The van der Waals surface area contributed by atoms with Gasteiger partial charge in [-0.2, -0.15) is 0 Å². The Hall–Kier alpha value is -4.36. The summed E-state index contributed by atoms with van der Waals surface area (Å²) in [5, 5.41) is 5.05. The van der Waals surface area contributed by atoms with Crippen LogP contribution < -0.4 is 0 Å². The highest BCUT2D eigenvalue weighted by Crippen LogP contribution is 2.43. The lowest BCUT2D eigenvalue weighted by molar-refractivity contribution is 0.583. The van der Waals surface area contributed by atoms with E-state index in [1.807, 2.05) is 6.07 Å². The number of fused-ring (bicyclic) bond motifs is 3. The molecule has 1 nitrogen and oxygen atoms in total. The highest BCUT2D eigenvalue weighted by atomic mass is 16.3. The number of benzene rings is 5. The molecule has 160 valence electrons. The molecular weight excluding hydrogens is 412 g/mol. The molecule has 6 aromatic rings. The highest BCUT2D eigenvalue weighted by Gasteiger charge is 2.23. The molecule has 1 aromatic heterocycles. The summed E-state index contributed by atoms with van der Waals surface area (Å²) in [6, 6.07) is 39.1. The summed E-state index contributed by atoms with van der Waals surface area (Å²) in [7, 11) is 0. The maximum atomic E-state index is 6.11. The third kappa shape index (κ3) is 3.02. The Morgan fingerprint density at radius 3 is 2.21 bits per heavy atom. The van der Waals surface area contributed by atoms with E-state index in [0.29, 0.717) is 0 Å². The molecule has 0 spiro atoms. The Labute approximate surface area is 198 Å². The second-order valence-electron chi connectivity index (χ2n) is 8.98. The Kier molecular flexibility index (Phi) is 4.28. The molecule has 1 heteroatoms. The van der Waals surface area contributed by atoms with Crippen LogP contribution in [0.2, 0.25) is 0 Å². The zero-order chi connectivity index (χ0) is 22.5. The SMILES string of the molecule is C1=CC(c2cc(-c3occc3-c3ccccc3)cc3cc4ccccc4cc23)c2ccccc21. The fourth-order valence-electron chi connectivity index (χ4n) is 5.37. The maximum Gasteiger partial charge on any atom is 0.141 e. The molecular formula is C33H22O. The number of rotatable bonds is 3. The van der Waals surface area contributed by atoms with Gasteiger partial charge in [0, 0.05) is 17.0 Å². The summed E-state index contributed by atoms with van der Waals surface area (Å²) in [5.74, 6) is 1.13. The molecule has 0 saturated carbocycles. The van der Waals surface area contributed by atoms with Crippen LogP contribution in [0.1, 0.15) is 22.6 Å². The van der Waals surface area contributed by atoms with Crippen molar-refractivity contribution in [2.75, 3.05) is 0 Å². The fourth-order valence-corrected chi connectivity index (χ4v) is 5.37. The van der Waals surface area contributed by atoms with Crippen LogP contribution in [0.4, 0.5) is 0 Å². The molecule has 34 heavy (non-hydrogen) atoms. The fraction of sp³-hybridized carbons (Fsp3) is 0.0303. The van der Waals surface area contributed by atoms with E-state index in [0.717, 1.165) is 22.5 Å². The molecule has 0 aliphatic heterocycles. The molecule has 0 bridgehead atoms. The first-order valence-corrected chi connectivity index (χ1v) is 11.7. The normalized spacial score (nSPS) is 14.6. The largest absolute Gasteiger partial charge is 0.464 e. The molecule has 1 atom stereocenters. The summed E-state index contributed by atoms with van der Waals surface area (Å²) in [6.45, 7) is 0. The quantitative estimate of drug-likeness (QED) is 0.253. The number of allylic oxidation sites excluding steroid dienone is 1. The van der Waals surface area contributed by atoms with Gasteiger partial charge in [-0.1, -0.05) is 91.0 Å². The minimum absolute atomic E-state index is 0.218. The summed E-state index contributed by atoms with van der Waals surface area (Å²) in [4.78, 5) is 0. The molecule has 1 heterocycles. The second-order valence-corrected chi connectivity index (χ2v) is 8.98. The van der Waals surface area contributed by atoms with Crippen molar-refractivity contribution < 1.29 is 4.42 Å². The van der Waals surface area contributed by atoms with Gasteiger partial charge in [0.15, 0.2) is 0 Å². The molecule has 1 unspecified atom stereocenters. The van der Waals surface area contributed by atoms with Crippen LogP contribution >= 0.6 is 0 Å². The van der Waals surface area contributed by atoms with E-state index in [9.17, 15) is 0 Å². The van der Waals surface area contributed by atoms with Crippen LogP contribution in [0.3, 0.4) is 0 Å². The van der Waals surface area contributed by atoms with Gasteiger partial charge in [0.25, 0.3) is 0 Å². The van der Waals surface area contributed by atoms with Crippen LogP contribution in [0.15, 0.2) is 126 Å². The lowest BCUT2D eigenvalue weighted by atomic mass is 9.86. The molecule has 0 fully saturated rings. The van der Waals surface area contributed by atoms with Gasteiger partial charge in [-0.05, 0) is 74.1 Å². The third-order valence-corrected chi connectivity index (χ3v) is 7.00. The zero-order valence-electron chi connectivity index (χ0n) is 18.6. The second kappa shape index (κ2) is 7.60. The van der Waals surface area contributed by atoms with Crippen molar-refractivity contribution in [2.45, 2.75) is 5.92 Å². The average Bonchev–Trinajstić information content (AvgIpc) is 3.55. The monoisotopic (exact) mass is 434 g/mol. The zero-order valence-corrected chi connectivity index (χ0v) is 18.6. The van der Waals surface area contributed by atoms with E-state index < -0.39 is 0 Å². The molecule has 0 saturated heterocycles. The minimum atomic E-state index is 0.218. The molecule has 1 aliphatic carbocycles. The van der Waals surface area contributed by atoms with Gasteiger partial charge in [0.1, 0.15) is 5.76 Å². The van der Waals surface area contributed by atoms with E-state index >= 15 is 0 Å². The molecule has 0 N–H and O–H groups in total. The number of furan rings is 1. The van der Waals surface area contributed by atoms with E-state index in [1.165, 1.54) is 38.2 Å². The van der Waals surface area contributed by atoms with E-state index in [-0.39, 0.29) is 5.92 Å². The molecule has 7 rings (SSSR count).